The number of nitrogens with two attached hydrogens (primary N) is 1. The van der Waals surface area contributed by atoms with E-state index in [1.807, 2.05) is 13.8 Å². The zero-order valence-electron chi connectivity index (χ0n) is 11.5. The summed E-state index contributed by atoms with van der Waals surface area (Å²) in [6, 6.07) is 0.849. The van der Waals surface area contributed by atoms with Crippen LogP contribution in [0.1, 0.15) is 32.4 Å². The largest absolute Gasteiger partial charge is 0.433 e. The minimum atomic E-state index is -4.58. The lowest BCUT2D eigenvalue weighted by molar-refractivity contribution is -0.141. The fourth-order valence-corrected chi connectivity index (χ4v) is 2.07. The van der Waals surface area contributed by atoms with Crippen LogP contribution in [-0.2, 0) is 6.18 Å². The van der Waals surface area contributed by atoms with Gasteiger partial charge in [0.25, 0.3) is 0 Å². The van der Waals surface area contributed by atoms with E-state index in [0.717, 1.165) is 18.9 Å². The van der Waals surface area contributed by atoms with Gasteiger partial charge in [-0.1, -0.05) is 13.8 Å². The third-order valence-corrected chi connectivity index (χ3v) is 3.04. The number of aliphatic hydroxyl groups is 1. The Balaban J connectivity index is 3.22. The van der Waals surface area contributed by atoms with Crippen LogP contribution in [0, 0.1) is 0 Å². The highest BCUT2D eigenvalue weighted by Crippen LogP contribution is 2.31. The second-order valence-electron chi connectivity index (χ2n) is 4.35. The van der Waals surface area contributed by atoms with Crippen molar-refractivity contribution in [2.45, 2.75) is 38.9 Å². The van der Waals surface area contributed by atoms with E-state index in [1.54, 1.807) is 4.90 Å². The molecule has 1 aromatic rings. The van der Waals surface area contributed by atoms with E-state index in [1.165, 1.54) is 0 Å². The van der Waals surface area contributed by atoms with Crippen LogP contribution in [0.3, 0.4) is 0 Å². The number of alkyl halides is 3. The molecule has 0 aliphatic rings. The first-order chi connectivity index (χ1) is 9.33. The molecular formula is C12H19F3N4O. The van der Waals surface area contributed by atoms with Crippen molar-refractivity contribution in [1.29, 1.82) is 0 Å². The SMILES string of the molecule is CCC(CC)N(CCO)c1cc(C(F)(F)F)nc(N)n1. The Morgan fingerprint density at radius 3 is 2.35 bits per heavy atom. The van der Waals surface area contributed by atoms with Gasteiger partial charge in [0.1, 0.15) is 5.82 Å². The number of nitrogen functional groups attached to an aromatic ring is 1. The Hall–Kier alpha value is -1.57. The van der Waals surface area contributed by atoms with Crippen LogP contribution in [0.2, 0.25) is 0 Å². The second kappa shape index (κ2) is 6.74. The number of nitrogens with zero attached hydrogens (tertiary/aromatic N) is 3. The molecule has 1 aromatic heterocycles. The van der Waals surface area contributed by atoms with Crippen LogP contribution in [0.15, 0.2) is 6.07 Å². The minimum Gasteiger partial charge on any atom is -0.395 e. The Bertz CT molecular complexity index is 435. The molecule has 114 valence electrons. The van der Waals surface area contributed by atoms with Gasteiger partial charge < -0.3 is 15.7 Å². The van der Waals surface area contributed by atoms with E-state index in [9.17, 15) is 13.2 Å². The van der Waals surface area contributed by atoms with Crippen molar-refractivity contribution >= 4 is 11.8 Å². The molecule has 3 N–H and O–H groups in total. The van der Waals surface area contributed by atoms with Crippen molar-refractivity contribution in [2.75, 3.05) is 23.8 Å². The first-order valence-corrected chi connectivity index (χ1v) is 6.42. The molecular weight excluding hydrogens is 273 g/mol. The van der Waals surface area contributed by atoms with Crippen LogP contribution in [0.5, 0.6) is 0 Å². The average Bonchev–Trinajstić information content (AvgIpc) is 2.37. The molecule has 0 amide bonds. The van der Waals surface area contributed by atoms with Gasteiger partial charge in [-0.05, 0) is 12.8 Å². The van der Waals surface area contributed by atoms with Crippen LogP contribution < -0.4 is 10.6 Å². The minimum absolute atomic E-state index is 0.0162. The Morgan fingerprint density at radius 1 is 1.30 bits per heavy atom. The third-order valence-electron chi connectivity index (χ3n) is 3.04. The maximum absolute atomic E-state index is 12.7. The second-order valence-corrected chi connectivity index (χ2v) is 4.35. The molecule has 0 aliphatic heterocycles. The summed E-state index contributed by atoms with van der Waals surface area (Å²) in [5.74, 6) is -0.337. The molecule has 0 aliphatic carbocycles. The molecule has 0 radical (unpaired) electrons. The van der Waals surface area contributed by atoms with Gasteiger partial charge in [-0.25, -0.2) is 4.98 Å². The lowest BCUT2D eigenvalue weighted by atomic mass is 10.1. The Labute approximate surface area is 115 Å². The van der Waals surface area contributed by atoms with Crippen LogP contribution >= 0.6 is 0 Å². The maximum Gasteiger partial charge on any atom is 0.433 e. The number of aliphatic hydroxyl groups excluding tert-OH is 1. The van der Waals surface area contributed by atoms with Gasteiger partial charge in [0.2, 0.25) is 5.95 Å². The normalized spacial score (nSPS) is 11.9. The summed E-state index contributed by atoms with van der Waals surface area (Å²) >= 11 is 0. The molecule has 0 saturated heterocycles. The van der Waals surface area contributed by atoms with Gasteiger partial charge in [-0.3, -0.25) is 0 Å². The summed E-state index contributed by atoms with van der Waals surface area (Å²) < 4.78 is 38.2. The highest BCUT2D eigenvalue weighted by Gasteiger charge is 2.34. The van der Waals surface area contributed by atoms with Gasteiger partial charge in [0.05, 0.1) is 6.61 Å². The molecule has 0 aromatic carbocycles. The van der Waals surface area contributed by atoms with E-state index in [-0.39, 0.29) is 25.0 Å². The van der Waals surface area contributed by atoms with E-state index >= 15 is 0 Å². The van der Waals surface area contributed by atoms with Crippen molar-refractivity contribution in [3.05, 3.63) is 11.8 Å². The molecule has 1 rings (SSSR count). The zero-order valence-corrected chi connectivity index (χ0v) is 11.5. The Morgan fingerprint density at radius 2 is 1.90 bits per heavy atom. The lowest BCUT2D eigenvalue weighted by Crippen LogP contribution is -2.37. The van der Waals surface area contributed by atoms with Crippen molar-refractivity contribution in [1.82, 2.24) is 9.97 Å². The summed E-state index contributed by atoms with van der Waals surface area (Å²) in [6.45, 7) is 3.86. The van der Waals surface area contributed by atoms with E-state index in [0.29, 0.717) is 0 Å². The zero-order chi connectivity index (χ0) is 15.3. The maximum atomic E-state index is 12.7. The Kier molecular flexibility index (Phi) is 5.55. The third kappa shape index (κ3) is 3.96. The number of rotatable bonds is 6. The van der Waals surface area contributed by atoms with Crippen LogP contribution in [-0.4, -0.2) is 34.3 Å². The highest BCUT2D eigenvalue weighted by molar-refractivity contribution is 5.45. The van der Waals surface area contributed by atoms with Gasteiger partial charge in [-0.2, -0.15) is 18.2 Å². The topological polar surface area (TPSA) is 75.3 Å². The first kappa shape index (κ1) is 16.5. The number of aromatic nitrogens is 2. The van der Waals surface area contributed by atoms with E-state index in [2.05, 4.69) is 9.97 Å². The smallest absolute Gasteiger partial charge is 0.395 e. The number of hydrogen-bond acceptors (Lipinski definition) is 5. The predicted molar refractivity (Wildman–Crippen MR) is 70.2 cm³/mol. The summed E-state index contributed by atoms with van der Waals surface area (Å²) in [5, 5.41) is 9.10. The number of hydrogen-bond donors (Lipinski definition) is 2. The molecule has 1 heterocycles. The summed E-state index contributed by atoms with van der Waals surface area (Å²) in [5.41, 5.74) is 4.29. The number of anilines is 2. The average molecular weight is 292 g/mol. The first-order valence-electron chi connectivity index (χ1n) is 6.42. The standard InChI is InChI=1S/C12H19F3N4O/c1-3-8(4-2)19(5-6-20)10-7-9(12(13,14)15)17-11(16)18-10/h7-8,20H,3-6H2,1-2H3,(H2,16,17,18). The van der Waals surface area contributed by atoms with Gasteiger partial charge in [-0.15, -0.1) is 0 Å². The molecule has 0 spiro atoms. The van der Waals surface area contributed by atoms with Crippen LogP contribution in [0.25, 0.3) is 0 Å². The van der Waals surface area contributed by atoms with Gasteiger partial charge >= 0.3 is 6.18 Å². The summed E-state index contributed by atoms with van der Waals surface area (Å²) in [6.07, 6.45) is -3.13. The van der Waals surface area contributed by atoms with Gasteiger partial charge in [0, 0.05) is 18.7 Å². The number of halogens is 3. The lowest BCUT2D eigenvalue weighted by Gasteiger charge is -2.31. The molecule has 0 fully saturated rings. The predicted octanol–water partition coefficient (Wildman–Crippen LogP) is 2.06. The monoisotopic (exact) mass is 292 g/mol. The van der Waals surface area contributed by atoms with E-state index < -0.39 is 17.8 Å². The van der Waals surface area contributed by atoms with Gasteiger partial charge in [0.15, 0.2) is 5.69 Å². The molecule has 5 nitrogen and oxygen atoms in total. The molecule has 8 heteroatoms. The fraction of sp³-hybridized carbons (Fsp3) is 0.667. The van der Waals surface area contributed by atoms with Crippen molar-refractivity contribution in [2.24, 2.45) is 0 Å². The quantitative estimate of drug-likeness (QED) is 0.839. The molecule has 0 saturated carbocycles. The van der Waals surface area contributed by atoms with Crippen molar-refractivity contribution in [3.8, 4) is 0 Å². The van der Waals surface area contributed by atoms with Crippen molar-refractivity contribution in [3.63, 3.8) is 0 Å². The van der Waals surface area contributed by atoms with E-state index in [4.69, 9.17) is 10.8 Å². The van der Waals surface area contributed by atoms with Crippen LogP contribution in [0.4, 0.5) is 24.9 Å². The fourth-order valence-electron chi connectivity index (χ4n) is 2.07. The summed E-state index contributed by atoms with van der Waals surface area (Å²) in [7, 11) is 0. The molecule has 20 heavy (non-hydrogen) atoms. The molecule has 0 unspecified atom stereocenters. The molecule has 0 bridgehead atoms. The molecule has 0 atom stereocenters. The highest BCUT2D eigenvalue weighted by atomic mass is 19.4. The van der Waals surface area contributed by atoms with Crippen molar-refractivity contribution < 1.29 is 18.3 Å². The summed E-state index contributed by atoms with van der Waals surface area (Å²) in [4.78, 5) is 8.71.